The zero-order chi connectivity index (χ0) is 17.9. The largest absolute Gasteiger partial charge is 0.342 e. The van der Waals surface area contributed by atoms with Crippen LogP contribution in [0.25, 0.3) is 16.7 Å². The number of likely N-dealkylation sites (tertiary alicyclic amines) is 1. The molecule has 4 nitrogen and oxygen atoms in total. The van der Waals surface area contributed by atoms with E-state index in [1.807, 2.05) is 41.3 Å². The van der Waals surface area contributed by atoms with Crippen LogP contribution in [0.2, 0.25) is 0 Å². The Labute approximate surface area is 158 Å². The molecule has 1 fully saturated rings. The number of carbonyl (C=O) groups excluding carboxylic acids is 1. The number of carbonyl (C=O) groups is 1. The monoisotopic (exact) mass is 365 g/mol. The number of amides is 1. The number of hydrogen-bond donors (Lipinski definition) is 0. The van der Waals surface area contributed by atoms with Crippen LogP contribution in [-0.2, 0) is 4.79 Å². The van der Waals surface area contributed by atoms with Crippen LogP contribution in [0.1, 0.15) is 19.8 Å². The summed E-state index contributed by atoms with van der Waals surface area (Å²) in [6, 6.07) is 18.3. The second-order valence-electron chi connectivity index (χ2n) is 6.93. The first-order valence-electron chi connectivity index (χ1n) is 9.16. The van der Waals surface area contributed by atoms with E-state index in [9.17, 15) is 4.79 Å². The Balaban J connectivity index is 1.59. The van der Waals surface area contributed by atoms with Gasteiger partial charge in [0.15, 0.2) is 5.16 Å². The third-order valence-electron chi connectivity index (χ3n) is 4.88. The molecule has 0 saturated carbocycles. The van der Waals surface area contributed by atoms with Gasteiger partial charge in [-0.2, -0.15) is 0 Å². The summed E-state index contributed by atoms with van der Waals surface area (Å²) in [7, 11) is 0. The summed E-state index contributed by atoms with van der Waals surface area (Å²) < 4.78 is 2.14. The fourth-order valence-corrected chi connectivity index (χ4v) is 4.49. The highest BCUT2D eigenvalue weighted by atomic mass is 32.2. The summed E-state index contributed by atoms with van der Waals surface area (Å²) in [5.74, 6) is 1.25. The van der Waals surface area contributed by atoms with E-state index in [0.29, 0.717) is 11.7 Å². The molecule has 0 radical (unpaired) electrons. The average Bonchev–Trinajstić information content (AvgIpc) is 3.05. The molecule has 2 aromatic carbocycles. The van der Waals surface area contributed by atoms with Crippen molar-refractivity contribution in [2.45, 2.75) is 24.9 Å². The minimum absolute atomic E-state index is 0.216. The molecule has 1 saturated heterocycles. The normalized spacial score (nSPS) is 17.6. The van der Waals surface area contributed by atoms with E-state index in [1.54, 1.807) is 0 Å². The van der Waals surface area contributed by atoms with Crippen molar-refractivity contribution in [3.63, 3.8) is 0 Å². The molecule has 0 bridgehead atoms. The van der Waals surface area contributed by atoms with Crippen LogP contribution in [0.4, 0.5) is 0 Å². The van der Waals surface area contributed by atoms with Crippen molar-refractivity contribution in [3.8, 4) is 5.69 Å². The van der Waals surface area contributed by atoms with Crippen molar-refractivity contribution >= 4 is 28.7 Å². The number of para-hydroxylation sites is 3. The molecule has 0 unspecified atom stereocenters. The van der Waals surface area contributed by atoms with Crippen LogP contribution >= 0.6 is 11.8 Å². The summed E-state index contributed by atoms with van der Waals surface area (Å²) in [6.45, 7) is 3.99. The van der Waals surface area contributed by atoms with Gasteiger partial charge < -0.3 is 4.90 Å². The van der Waals surface area contributed by atoms with Crippen LogP contribution in [0.5, 0.6) is 0 Å². The van der Waals surface area contributed by atoms with Gasteiger partial charge in [-0.3, -0.25) is 9.36 Å². The second kappa shape index (κ2) is 7.54. The molecule has 1 amide bonds. The Kier molecular flexibility index (Phi) is 4.98. The summed E-state index contributed by atoms with van der Waals surface area (Å²) in [4.78, 5) is 19.4. The molecule has 1 aliphatic rings. The Morgan fingerprint density at radius 1 is 1.15 bits per heavy atom. The van der Waals surface area contributed by atoms with E-state index in [0.717, 1.165) is 41.4 Å². The van der Waals surface area contributed by atoms with Gasteiger partial charge in [-0.25, -0.2) is 4.98 Å². The molecule has 26 heavy (non-hydrogen) atoms. The van der Waals surface area contributed by atoms with Crippen molar-refractivity contribution in [2.24, 2.45) is 5.92 Å². The summed E-state index contributed by atoms with van der Waals surface area (Å²) >= 11 is 1.53. The quantitative estimate of drug-likeness (QED) is 0.644. The fraction of sp³-hybridized carbons (Fsp3) is 0.333. The highest BCUT2D eigenvalue weighted by Crippen LogP contribution is 2.28. The maximum atomic E-state index is 12.6. The standard InChI is InChI=1S/C21H23N3OS/c1-16-8-7-13-23(14-16)20(25)15-26-21-22-18-11-5-6-12-19(18)24(21)17-9-3-2-4-10-17/h2-6,9-12,16H,7-8,13-15H2,1H3/t16-/m0/s1. The number of rotatable bonds is 4. The number of fused-ring (bicyclic) bond motifs is 1. The summed E-state index contributed by atoms with van der Waals surface area (Å²) in [6.07, 6.45) is 2.33. The van der Waals surface area contributed by atoms with Crippen LogP contribution in [0.15, 0.2) is 59.8 Å². The Morgan fingerprint density at radius 2 is 1.92 bits per heavy atom. The first-order valence-corrected chi connectivity index (χ1v) is 10.1. The third-order valence-corrected chi connectivity index (χ3v) is 5.80. The van der Waals surface area contributed by atoms with Crippen LogP contribution in [0.3, 0.4) is 0 Å². The highest BCUT2D eigenvalue weighted by Gasteiger charge is 2.22. The topological polar surface area (TPSA) is 38.1 Å². The van der Waals surface area contributed by atoms with Gasteiger partial charge in [-0.15, -0.1) is 0 Å². The zero-order valence-corrected chi connectivity index (χ0v) is 15.8. The molecule has 4 rings (SSSR count). The maximum absolute atomic E-state index is 12.6. The van der Waals surface area contributed by atoms with Gasteiger partial charge in [0.1, 0.15) is 0 Å². The molecule has 1 aliphatic heterocycles. The smallest absolute Gasteiger partial charge is 0.233 e. The first-order chi connectivity index (χ1) is 12.7. The lowest BCUT2D eigenvalue weighted by Gasteiger charge is -2.30. The molecule has 2 heterocycles. The molecular weight excluding hydrogens is 342 g/mol. The van der Waals surface area contributed by atoms with Gasteiger partial charge in [-0.05, 0) is 43.0 Å². The molecule has 1 atom stereocenters. The van der Waals surface area contributed by atoms with Crippen LogP contribution in [-0.4, -0.2) is 39.2 Å². The molecule has 3 aromatic rings. The molecule has 1 aromatic heterocycles. The van der Waals surface area contributed by atoms with E-state index in [1.165, 1.54) is 18.2 Å². The van der Waals surface area contributed by atoms with Crippen molar-refractivity contribution < 1.29 is 4.79 Å². The molecular formula is C21H23N3OS. The number of thioether (sulfide) groups is 1. The number of benzene rings is 2. The third kappa shape index (κ3) is 3.49. The fourth-order valence-electron chi connectivity index (χ4n) is 3.56. The Bertz CT molecular complexity index is 906. The van der Waals surface area contributed by atoms with Crippen molar-refractivity contribution in [1.29, 1.82) is 0 Å². The van der Waals surface area contributed by atoms with Gasteiger partial charge in [0.25, 0.3) is 0 Å². The lowest BCUT2D eigenvalue weighted by atomic mass is 10.0. The summed E-state index contributed by atoms with van der Waals surface area (Å²) in [5, 5.41) is 0.871. The van der Waals surface area contributed by atoms with Crippen molar-refractivity contribution in [3.05, 3.63) is 54.6 Å². The van der Waals surface area contributed by atoms with Gasteiger partial charge in [-0.1, -0.05) is 49.0 Å². The number of piperidine rings is 1. The van der Waals surface area contributed by atoms with Crippen LogP contribution < -0.4 is 0 Å². The number of aromatic nitrogens is 2. The van der Waals surface area contributed by atoms with Gasteiger partial charge in [0.05, 0.1) is 16.8 Å². The number of hydrogen-bond acceptors (Lipinski definition) is 3. The lowest BCUT2D eigenvalue weighted by molar-refractivity contribution is -0.130. The van der Waals surface area contributed by atoms with Gasteiger partial charge in [0, 0.05) is 18.8 Å². The molecule has 5 heteroatoms. The van der Waals surface area contributed by atoms with E-state index in [2.05, 4.69) is 29.7 Å². The van der Waals surface area contributed by atoms with Crippen molar-refractivity contribution in [1.82, 2.24) is 14.5 Å². The lowest BCUT2D eigenvalue weighted by Crippen LogP contribution is -2.40. The van der Waals surface area contributed by atoms with E-state index >= 15 is 0 Å². The van der Waals surface area contributed by atoms with E-state index < -0.39 is 0 Å². The molecule has 0 aliphatic carbocycles. The van der Waals surface area contributed by atoms with Gasteiger partial charge >= 0.3 is 0 Å². The van der Waals surface area contributed by atoms with Crippen LogP contribution in [0, 0.1) is 5.92 Å². The molecule has 134 valence electrons. The highest BCUT2D eigenvalue weighted by molar-refractivity contribution is 7.99. The average molecular weight is 366 g/mol. The van der Waals surface area contributed by atoms with E-state index in [4.69, 9.17) is 4.98 Å². The maximum Gasteiger partial charge on any atom is 0.233 e. The van der Waals surface area contributed by atoms with Gasteiger partial charge in [0.2, 0.25) is 5.91 Å². The second-order valence-corrected chi connectivity index (χ2v) is 7.87. The minimum Gasteiger partial charge on any atom is -0.342 e. The molecule has 0 spiro atoms. The minimum atomic E-state index is 0.216. The Hall–Kier alpha value is -2.27. The predicted molar refractivity (Wildman–Crippen MR) is 107 cm³/mol. The first kappa shape index (κ1) is 17.2. The molecule has 0 N–H and O–H groups in total. The summed E-state index contributed by atoms with van der Waals surface area (Å²) in [5.41, 5.74) is 3.10. The number of imidazole rings is 1. The SMILES string of the molecule is C[C@H]1CCCN(C(=O)CSc2nc3ccccc3n2-c2ccccc2)C1. The van der Waals surface area contributed by atoms with Crippen molar-refractivity contribution in [2.75, 3.05) is 18.8 Å². The zero-order valence-electron chi connectivity index (χ0n) is 15.0. The Morgan fingerprint density at radius 3 is 2.73 bits per heavy atom. The predicted octanol–water partition coefficient (Wildman–Crippen LogP) is 4.38. The van der Waals surface area contributed by atoms with E-state index in [-0.39, 0.29) is 5.91 Å². The number of nitrogens with zero attached hydrogens (tertiary/aromatic N) is 3.